The number of fused-ring (bicyclic) bond motifs is 2. The molecule has 1 aromatic carbocycles. The Balaban J connectivity index is 1.76. The second kappa shape index (κ2) is 6.59. The fourth-order valence-electron chi connectivity index (χ4n) is 3.62. The predicted octanol–water partition coefficient (Wildman–Crippen LogP) is 4.21. The second-order valence-corrected chi connectivity index (χ2v) is 10.4. The molecule has 3 aromatic heterocycles. The largest absolute Gasteiger partial charge is 0.435 e. The van der Waals surface area contributed by atoms with Crippen LogP contribution in [0.4, 0.5) is 0 Å². The van der Waals surface area contributed by atoms with Crippen LogP contribution in [0.25, 0.3) is 28.3 Å². The van der Waals surface area contributed by atoms with Gasteiger partial charge in [-0.25, -0.2) is 18.4 Å². The predicted molar refractivity (Wildman–Crippen MR) is 114 cm³/mol. The van der Waals surface area contributed by atoms with E-state index >= 15 is 0 Å². The molecule has 0 spiro atoms. The molecule has 0 bridgehead atoms. The van der Waals surface area contributed by atoms with Gasteiger partial charge < -0.3 is 4.42 Å². The van der Waals surface area contributed by atoms with E-state index in [1.807, 2.05) is 24.5 Å². The van der Waals surface area contributed by atoms with Gasteiger partial charge in [-0.05, 0) is 55.0 Å². The summed E-state index contributed by atoms with van der Waals surface area (Å²) in [4.78, 5) is 10.1. The van der Waals surface area contributed by atoms with Crippen LogP contribution in [0.1, 0.15) is 25.3 Å². The molecule has 0 saturated heterocycles. The van der Waals surface area contributed by atoms with Gasteiger partial charge in [-0.1, -0.05) is 6.92 Å². The lowest BCUT2D eigenvalue weighted by Gasteiger charge is -2.07. The Labute approximate surface area is 177 Å². The van der Waals surface area contributed by atoms with Crippen molar-refractivity contribution >= 4 is 38.3 Å². The Kier molecular flexibility index (Phi) is 4.21. The van der Waals surface area contributed by atoms with Crippen LogP contribution < -0.4 is 0 Å². The molecule has 0 radical (unpaired) electrons. The van der Waals surface area contributed by atoms with Crippen molar-refractivity contribution in [2.24, 2.45) is 0 Å². The average molecular weight is 439 g/mol. The van der Waals surface area contributed by atoms with Gasteiger partial charge in [0.25, 0.3) is 0 Å². The van der Waals surface area contributed by atoms with Gasteiger partial charge in [-0.2, -0.15) is 5.26 Å². The molecular formula is C21H18N4O3S2. The number of benzene rings is 1. The fraction of sp³-hybridized carbons (Fsp3) is 0.286. The van der Waals surface area contributed by atoms with Crippen LogP contribution in [0.5, 0.6) is 0 Å². The van der Waals surface area contributed by atoms with Crippen LogP contribution in [0.15, 0.2) is 50.9 Å². The van der Waals surface area contributed by atoms with Crippen molar-refractivity contribution in [3.63, 3.8) is 0 Å². The number of nitriles is 1. The topological polar surface area (TPSA) is 101 Å². The molecule has 152 valence electrons. The monoisotopic (exact) mass is 438 g/mol. The van der Waals surface area contributed by atoms with Gasteiger partial charge in [0.15, 0.2) is 26.1 Å². The van der Waals surface area contributed by atoms with Crippen molar-refractivity contribution in [2.75, 3.05) is 12.0 Å². The summed E-state index contributed by atoms with van der Waals surface area (Å²) in [6.45, 7) is 1.60. The third kappa shape index (κ3) is 2.82. The van der Waals surface area contributed by atoms with Gasteiger partial charge in [-0.3, -0.25) is 4.40 Å². The molecule has 1 saturated carbocycles. The number of hydrogen-bond acceptors (Lipinski definition) is 7. The quantitative estimate of drug-likeness (QED) is 0.430. The summed E-state index contributed by atoms with van der Waals surface area (Å²) < 4.78 is 33.3. The van der Waals surface area contributed by atoms with Crippen LogP contribution in [-0.2, 0) is 15.3 Å². The lowest BCUT2D eigenvalue weighted by molar-refractivity contribution is 0.588. The number of sulfone groups is 1. The molecule has 0 aliphatic heterocycles. The molecule has 0 N–H and O–H groups in total. The minimum absolute atomic E-state index is 0.0602. The third-order valence-electron chi connectivity index (χ3n) is 5.57. The molecule has 7 nitrogen and oxygen atoms in total. The van der Waals surface area contributed by atoms with Gasteiger partial charge in [0.2, 0.25) is 5.89 Å². The van der Waals surface area contributed by atoms with E-state index in [0.717, 1.165) is 23.3 Å². The highest BCUT2D eigenvalue weighted by molar-refractivity contribution is 7.98. The van der Waals surface area contributed by atoms with Gasteiger partial charge in [0.05, 0.1) is 17.2 Å². The molecule has 4 aromatic rings. The highest BCUT2D eigenvalue weighted by Gasteiger charge is 2.45. The Hall–Kier alpha value is -2.83. The zero-order valence-corrected chi connectivity index (χ0v) is 18.0. The summed E-state index contributed by atoms with van der Waals surface area (Å²) in [5.74, 6) is 0.0936. The molecule has 1 aliphatic carbocycles. The molecular weight excluding hydrogens is 420 g/mol. The van der Waals surface area contributed by atoms with Crippen LogP contribution in [0.3, 0.4) is 0 Å². The number of aromatic nitrogens is 3. The number of rotatable bonds is 5. The number of imidazole rings is 1. The zero-order valence-electron chi connectivity index (χ0n) is 16.4. The summed E-state index contributed by atoms with van der Waals surface area (Å²) in [6.07, 6.45) is 5.25. The molecule has 9 heteroatoms. The Bertz CT molecular complexity index is 1460. The van der Waals surface area contributed by atoms with Crippen LogP contribution in [0.2, 0.25) is 0 Å². The molecule has 0 unspecified atom stereocenters. The third-order valence-corrected chi connectivity index (χ3v) is 8.04. The molecule has 3 heterocycles. The van der Waals surface area contributed by atoms with Crippen molar-refractivity contribution in [3.05, 3.63) is 42.1 Å². The molecule has 1 aliphatic rings. The smallest absolute Gasteiger partial charge is 0.249 e. The standard InChI is InChI=1S/C21H18N4O3S2/c1-3-30(26,27)20-18(19-23-15-11-14(29-2)4-5-16(15)28-19)24-17-10-13(6-9-25(17)20)21(12-22)7-8-21/h4-6,9-11H,3,7-8H2,1-2H3. The first-order valence-electron chi connectivity index (χ1n) is 9.52. The first-order chi connectivity index (χ1) is 14.4. The van der Waals surface area contributed by atoms with Crippen molar-refractivity contribution in [1.82, 2.24) is 14.4 Å². The maximum absolute atomic E-state index is 13.0. The summed E-state index contributed by atoms with van der Waals surface area (Å²) in [5, 5.41) is 9.57. The van der Waals surface area contributed by atoms with E-state index in [1.54, 1.807) is 41.4 Å². The summed E-state index contributed by atoms with van der Waals surface area (Å²) >= 11 is 1.59. The van der Waals surface area contributed by atoms with E-state index in [4.69, 9.17) is 4.42 Å². The SMILES string of the molecule is CCS(=O)(=O)c1c(-c2nc3cc(SC)ccc3o2)nc2cc(C3(C#N)CC3)ccn12. The molecule has 1 fully saturated rings. The van der Waals surface area contributed by atoms with E-state index in [2.05, 4.69) is 16.0 Å². The molecule has 5 rings (SSSR count). The highest BCUT2D eigenvalue weighted by atomic mass is 32.2. The van der Waals surface area contributed by atoms with Crippen LogP contribution >= 0.6 is 11.8 Å². The normalized spacial score (nSPS) is 15.5. The molecule has 30 heavy (non-hydrogen) atoms. The van der Waals surface area contributed by atoms with E-state index in [9.17, 15) is 13.7 Å². The molecule has 0 amide bonds. The number of thioether (sulfide) groups is 1. The van der Waals surface area contributed by atoms with Crippen molar-refractivity contribution in [2.45, 2.75) is 35.1 Å². The first-order valence-corrected chi connectivity index (χ1v) is 12.4. The Morgan fingerprint density at radius 1 is 1.27 bits per heavy atom. The fourth-order valence-corrected chi connectivity index (χ4v) is 5.21. The van der Waals surface area contributed by atoms with Gasteiger partial charge >= 0.3 is 0 Å². The number of oxazole rings is 1. The Morgan fingerprint density at radius 3 is 2.73 bits per heavy atom. The second-order valence-electron chi connectivity index (χ2n) is 7.36. The highest BCUT2D eigenvalue weighted by Crippen LogP contribution is 2.48. The zero-order chi connectivity index (χ0) is 21.1. The van der Waals surface area contributed by atoms with Gasteiger partial charge in [0.1, 0.15) is 11.2 Å². The lowest BCUT2D eigenvalue weighted by Crippen LogP contribution is -2.09. The minimum atomic E-state index is -3.62. The van der Waals surface area contributed by atoms with Crippen LogP contribution in [-0.4, -0.2) is 34.8 Å². The minimum Gasteiger partial charge on any atom is -0.435 e. The maximum Gasteiger partial charge on any atom is 0.249 e. The van der Waals surface area contributed by atoms with E-state index in [0.29, 0.717) is 16.7 Å². The van der Waals surface area contributed by atoms with Crippen LogP contribution in [0, 0.1) is 11.3 Å². The first kappa shape index (κ1) is 19.2. The van der Waals surface area contributed by atoms with E-state index in [-0.39, 0.29) is 22.4 Å². The van der Waals surface area contributed by atoms with Gasteiger partial charge in [-0.15, -0.1) is 11.8 Å². The summed E-state index contributed by atoms with van der Waals surface area (Å²) in [6, 6.07) is 11.6. The number of hydrogen-bond donors (Lipinski definition) is 0. The van der Waals surface area contributed by atoms with E-state index in [1.165, 1.54) is 0 Å². The van der Waals surface area contributed by atoms with Gasteiger partial charge in [0, 0.05) is 11.1 Å². The molecule has 0 atom stereocenters. The number of pyridine rings is 1. The van der Waals surface area contributed by atoms with Crippen molar-refractivity contribution in [1.29, 1.82) is 5.26 Å². The van der Waals surface area contributed by atoms with Crippen molar-refractivity contribution in [3.8, 4) is 17.7 Å². The number of nitrogens with zero attached hydrogens (tertiary/aromatic N) is 4. The average Bonchev–Trinajstić information content (AvgIpc) is 3.28. The lowest BCUT2D eigenvalue weighted by atomic mass is 9.99. The van der Waals surface area contributed by atoms with E-state index < -0.39 is 15.3 Å². The Morgan fingerprint density at radius 2 is 2.07 bits per heavy atom. The summed E-state index contributed by atoms with van der Waals surface area (Å²) in [5.41, 5.74) is 2.25. The van der Waals surface area contributed by atoms with Crippen molar-refractivity contribution < 1.29 is 12.8 Å². The summed E-state index contributed by atoms with van der Waals surface area (Å²) in [7, 11) is -3.62. The maximum atomic E-state index is 13.0.